The molecule has 0 unspecified atom stereocenters. The number of ether oxygens (including phenoxy) is 2. The second-order valence-corrected chi connectivity index (χ2v) is 5.52. The SMILES string of the molecule is CC(C)(C)OC(=O)NCCC#Cc1ccccc1OC(F)(F)F. The molecule has 0 aliphatic rings. The molecular weight excluding hydrogens is 311 g/mol. The van der Waals surface area contributed by atoms with E-state index in [0.717, 1.165) is 0 Å². The molecule has 0 fully saturated rings. The van der Waals surface area contributed by atoms with Crippen molar-refractivity contribution in [1.29, 1.82) is 0 Å². The Morgan fingerprint density at radius 2 is 1.87 bits per heavy atom. The summed E-state index contributed by atoms with van der Waals surface area (Å²) in [6.07, 6.45) is -5.07. The van der Waals surface area contributed by atoms with E-state index in [1.807, 2.05) is 0 Å². The Morgan fingerprint density at radius 3 is 2.48 bits per heavy atom. The summed E-state index contributed by atoms with van der Waals surface area (Å²) in [5.41, 5.74) is -0.467. The summed E-state index contributed by atoms with van der Waals surface area (Å²) in [4.78, 5) is 11.4. The van der Waals surface area contributed by atoms with E-state index in [1.165, 1.54) is 18.2 Å². The molecule has 0 radical (unpaired) electrons. The Hall–Kier alpha value is -2.36. The van der Waals surface area contributed by atoms with E-state index >= 15 is 0 Å². The fraction of sp³-hybridized carbons (Fsp3) is 0.438. The van der Waals surface area contributed by atoms with E-state index in [-0.39, 0.29) is 24.3 Å². The quantitative estimate of drug-likeness (QED) is 0.677. The van der Waals surface area contributed by atoms with Crippen molar-refractivity contribution in [1.82, 2.24) is 5.32 Å². The first-order valence-corrected chi connectivity index (χ1v) is 6.87. The molecule has 0 aromatic heterocycles. The maximum Gasteiger partial charge on any atom is 0.573 e. The lowest BCUT2D eigenvalue weighted by atomic mass is 10.2. The Balaban J connectivity index is 2.53. The van der Waals surface area contributed by atoms with Gasteiger partial charge in [0.15, 0.2) is 0 Å². The van der Waals surface area contributed by atoms with Crippen molar-refractivity contribution in [3.8, 4) is 17.6 Å². The number of rotatable bonds is 3. The summed E-state index contributed by atoms with van der Waals surface area (Å²) >= 11 is 0. The molecule has 7 heteroatoms. The zero-order valence-corrected chi connectivity index (χ0v) is 13.1. The Labute approximate surface area is 133 Å². The van der Waals surface area contributed by atoms with Gasteiger partial charge < -0.3 is 14.8 Å². The molecule has 0 saturated carbocycles. The van der Waals surface area contributed by atoms with E-state index in [0.29, 0.717) is 0 Å². The van der Waals surface area contributed by atoms with Gasteiger partial charge in [0.1, 0.15) is 11.4 Å². The number of carbonyl (C=O) groups is 1. The van der Waals surface area contributed by atoms with Crippen molar-refractivity contribution >= 4 is 6.09 Å². The lowest BCUT2D eigenvalue weighted by Gasteiger charge is -2.19. The molecule has 0 aliphatic carbocycles. The van der Waals surface area contributed by atoms with Gasteiger partial charge in [0.2, 0.25) is 0 Å². The second-order valence-electron chi connectivity index (χ2n) is 5.52. The molecule has 1 amide bonds. The van der Waals surface area contributed by atoms with E-state index in [9.17, 15) is 18.0 Å². The summed E-state index contributed by atoms with van der Waals surface area (Å²) < 4.78 is 45.7. The second kappa shape index (κ2) is 7.77. The smallest absolute Gasteiger partial charge is 0.444 e. The third-order valence-electron chi connectivity index (χ3n) is 2.25. The van der Waals surface area contributed by atoms with Crippen molar-refractivity contribution in [2.45, 2.75) is 39.2 Å². The maximum atomic E-state index is 12.3. The lowest BCUT2D eigenvalue weighted by molar-refractivity contribution is -0.274. The summed E-state index contributed by atoms with van der Waals surface area (Å²) in [5, 5.41) is 2.50. The number of hydrogen-bond acceptors (Lipinski definition) is 3. The van der Waals surface area contributed by atoms with Crippen molar-refractivity contribution < 1.29 is 27.4 Å². The van der Waals surface area contributed by atoms with Crippen LogP contribution >= 0.6 is 0 Å². The molecule has 1 aromatic rings. The van der Waals surface area contributed by atoms with Crippen LogP contribution in [-0.4, -0.2) is 24.6 Å². The maximum absolute atomic E-state index is 12.3. The minimum absolute atomic E-state index is 0.127. The molecule has 0 atom stereocenters. The summed E-state index contributed by atoms with van der Waals surface area (Å²) in [6, 6.07) is 5.61. The minimum Gasteiger partial charge on any atom is -0.444 e. The van der Waals surface area contributed by atoms with Crippen molar-refractivity contribution in [2.75, 3.05) is 6.54 Å². The number of para-hydroxylation sites is 1. The third kappa shape index (κ3) is 8.61. The Kier molecular flexibility index (Phi) is 6.31. The van der Waals surface area contributed by atoms with Crippen LogP contribution in [0.15, 0.2) is 24.3 Å². The highest BCUT2D eigenvalue weighted by Gasteiger charge is 2.31. The predicted octanol–water partition coefficient (Wildman–Crippen LogP) is 3.85. The molecule has 1 N–H and O–H groups in total. The van der Waals surface area contributed by atoms with Crippen LogP contribution < -0.4 is 10.1 Å². The summed E-state index contributed by atoms with van der Waals surface area (Å²) in [5.74, 6) is 4.92. The number of amides is 1. The van der Waals surface area contributed by atoms with Crippen LogP contribution in [-0.2, 0) is 4.74 Å². The fourth-order valence-electron chi connectivity index (χ4n) is 1.48. The normalized spacial score (nSPS) is 11.2. The van der Waals surface area contributed by atoms with Crippen LogP contribution in [0.2, 0.25) is 0 Å². The van der Waals surface area contributed by atoms with E-state index in [1.54, 1.807) is 26.8 Å². The molecule has 0 aliphatic heterocycles. The predicted molar refractivity (Wildman–Crippen MR) is 78.9 cm³/mol. The van der Waals surface area contributed by atoms with Gasteiger partial charge in [0.05, 0.1) is 5.56 Å². The standard InChI is InChI=1S/C16H18F3NO3/c1-15(2,3)23-14(21)20-11-7-6-9-12-8-4-5-10-13(12)22-16(17,18)19/h4-5,8,10H,7,11H2,1-3H3,(H,20,21). The van der Waals surface area contributed by atoms with Gasteiger partial charge in [0.25, 0.3) is 0 Å². The van der Waals surface area contributed by atoms with Gasteiger partial charge in [-0.25, -0.2) is 4.79 Å². The highest BCUT2D eigenvalue weighted by atomic mass is 19.4. The number of benzene rings is 1. The average Bonchev–Trinajstić information content (AvgIpc) is 2.36. The van der Waals surface area contributed by atoms with Crippen LogP contribution in [0.4, 0.5) is 18.0 Å². The molecule has 4 nitrogen and oxygen atoms in total. The van der Waals surface area contributed by atoms with Gasteiger partial charge in [-0.05, 0) is 32.9 Å². The number of hydrogen-bond donors (Lipinski definition) is 1. The lowest BCUT2D eigenvalue weighted by Crippen LogP contribution is -2.32. The van der Waals surface area contributed by atoms with Crippen LogP contribution in [0.3, 0.4) is 0 Å². The summed E-state index contributed by atoms with van der Waals surface area (Å²) in [6.45, 7) is 5.45. The Morgan fingerprint density at radius 1 is 1.22 bits per heavy atom. The molecule has 23 heavy (non-hydrogen) atoms. The van der Waals surface area contributed by atoms with E-state index in [4.69, 9.17) is 4.74 Å². The van der Waals surface area contributed by atoms with Gasteiger partial charge in [-0.15, -0.1) is 13.2 Å². The van der Waals surface area contributed by atoms with E-state index < -0.39 is 18.1 Å². The molecule has 126 valence electrons. The monoisotopic (exact) mass is 329 g/mol. The number of halogens is 3. The summed E-state index contributed by atoms with van der Waals surface area (Å²) in [7, 11) is 0. The highest BCUT2D eigenvalue weighted by Crippen LogP contribution is 2.25. The fourth-order valence-corrected chi connectivity index (χ4v) is 1.48. The molecule has 0 saturated heterocycles. The highest BCUT2D eigenvalue weighted by molar-refractivity contribution is 5.67. The van der Waals surface area contributed by atoms with Gasteiger partial charge in [-0.2, -0.15) is 0 Å². The first-order chi connectivity index (χ1) is 10.6. The first-order valence-electron chi connectivity index (χ1n) is 6.87. The Bertz CT molecular complexity index is 595. The number of alkyl halides is 3. The van der Waals surface area contributed by atoms with Crippen LogP contribution in [0.1, 0.15) is 32.8 Å². The van der Waals surface area contributed by atoms with Crippen LogP contribution in [0, 0.1) is 11.8 Å². The van der Waals surface area contributed by atoms with Crippen molar-refractivity contribution in [3.63, 3.8) is 0 Å². The van der Waals surface area contributed by atoms with Gasteiger partial charge >= 0.3 is 12.5 Å². The molecule has 0 heterocycles. The van der Waals surface area contributed by atoms with Crippen molar-refractivity contribution in [3.05, 3.63) is 29.8 Å². The minimum atomic E-state index is -4.77. The van der Waals surface area contributed by atoms with Crippen LogP contribution in [0.5, 0.6) is 5.75 Å². The average molecular weight is 329 g/mol. The van der Waals surface area contributed by atoms with Gasteiger partial charge in [-0.1, -0.05) is 24.0 Å². The topological polar surface area (TPSA) is 47.6 Å². The number of nitrogens with one attached hydrogen (secondary N) is 1. The van der Waals surface area contributed by atoms with Gasteiger partial charge in [-0.3, -0.25) is 0 Å². The number of alkyl carbamates (subject to hydrolysis) is 1. The van der Waals surface area contributed by atoms with Gasteiger partial charge in [0, 0.05) is 13.0 Å². The molecule has 1 rings (SSSR count). The van der Waals surface area contributed by atoms with Crippen LogP contribution in [0.25, 0.3) is 0 Å². The molecule has 0 spiro atoms. The zero-order valence-electron chi connectivity index (χ0n) is 13.1. The largest absolute Gasteiger partial charge is 0.573 e. The number of carbonyl (C=O) groups excluding carboxylic acids is 1. The molecular formula is C16H18F3NO3. The first kappa shape index (κ1) is 18.7. The molecule has 0 bridgehead atoms. The third-order valence-corrected chi connectivity index (χ3v) is 2.25. The van der Waals surface area contributed by atoms with Crippen molar-refractivity contribution in [2.24, 2.45) is 0 Å². The van der Waals surface area contributed by atoms with E-state index in [2.05, 4.69) is 21.9 Å². The zero-order chi connectivity index (χ0) is 17.5. The molecule has 1 aromatic carbocycles.